The Kier molecular flexibility index (Phi) is 5.11. The van der Waals surface area contributed by atoms with Crippen LogP contribution in [0.5, 0.6) is 11.5 Å². The summed E-state index contributed by atoms with van der Waals surface area (Å²) in [6, 6.07) is 4.39. The Morgan fingerprint density at radius 2 is 2.00 bits per heavy atom. The Balaban J connectivity index is 3.03. The summed E-state index contributed by atoms with van der Waals surface area (Å²) in [6.07, 6.45) is 0.769. The van der Waals surface area contributed by atoms with E-state index in [0.29, 0.717) is 12.0 Å². The first-order chi connectivity index (χ1) is 8.55. The monoisotopic (exact) mass is 273 g/mol. The van der Waals surface area contributed by atoms with Gasteiger partial charge in [0.25, 0.3) is 0 Å². The SMILES string of the molecule is COc1ccc(S(=O)(=O)NCCC=O)c(OC)c1. The van der Waals surface area contributed by atoms with E-state index in [4.69, 9.17) is 9.47 Å². The summed E-state index contributed by atoms with van der Waals surface area (Å²) >= 11 is 0. The minimum absolute atomic E-state index is 0.0108. The summed E-state index contributed by atoms with van der Waals surface area (Å²) in [5, 5.41) is 0. The lowest BCUT2D eigenvalue weighted by atomic mass is 10.3. The standard InChI is InChI=1S/C11H15NO5S/c1-16-9-4-5-11(10(8-9)17-2)18(14,15)12-6-3-7-13/h4-5,7-8,12H,3,6H2,1-2H3. The Hall–Kier alpha value is -1.60. The van der Waals surface area contributed by atoms with Crippen molar-refractivity contribution in [1.29, 1.82) is 0 Å². The maximum Gasteiger partial charge on any atom is 0.244 e. The van der Waals surface area contributed by atoms with Gasteiger partial charge in [-0.25, -0.2) is 13.1 Å². The van der Waals surface area contributed by atoms with E-state index < -0.39 is 10.0 Å². The van der Waals surface area contributed by atoms with Crippen molar-refractivity contribution in [2.45, 2.75) is 11.3 Å². The van der Waals surface area contributed by atoms with Crippen molar-refractivity contribution in [2.75, 3.05) is 20.8 Å². The largest absolute Gasteiger partial charge is 0.497 e. The molecule has 0 amide bonds. The zero-order chi connectivity index (χ0) is 13.6. The quantitative estimate of drug-likeness (QED) is 0.580. The number of nitrogens with one attached hydrogen (secondary N) is 1. The summed E-state index contributed by atoms with van der Waals surface area (Å²) in [5.41, 5.74) is 0. The van der Waals surface area contributed by atoms with E-state index in [-0.39, 0.29) is 23.6 Å². The van der Waals surface area contributed by atoms with E-state index in [1.165, 1.54) is 32.4 Å². The Labute approximate surface area is 106 Å². The van der Waals surface area contributed by atoms with E-state index >= 15 is 0 Å². The van der Waals surface area contributed by atoms with Crippen molar-refractivity contribution in [3.63, 3.8) is 0 Å². The number of aldehydes is 1. The fourth-order valence-electron chi connectivity index (χ4n) is 1.33. The van der Waals surface area contributed by atoms with Gasteiger partial charge >= 0.3 is 0 Å². The summed E-state index contributed by atoms with van der Waals surface area (Å²) < 4.78 is 36.2. The summed E-state index contributed by atoms with van der Waals surface area (Å²) in [6.45, 7) is 0.0566. The second-order valence-electron chi connectivity index (χ2n) is 3.37. The molecular weight excluding hydrogens is 258 g/mol. The van der Waals surface area contributed by atoms with Crippen LogP contribution in [0.1, 0.15) is 6.42 Å². The molecular formula is C11H15NO5S. The van der Waals surface area contributed by atoms with Crippen LogP contribution in [0.4, 0.5) is 0 Å². The number of carbonyl (C=O) groups is 1. The number of rotatable bonds is 7. The maximum absolute atomic E-state index is 11.9. The third-order valence-corrected chi connectivity index (χ3v) is 3.72. The minimum Gasteiger partial charge on any atom is -0.497 e. The number of hydrogen-bond acceptors (Lipinski definition) is 5. The van der Waals surface area contributed by atoms with Gasteiger partial charge in [-0.15, -0.1) is 0 Å². The van der Waals surface area contributed by atoms with Gasteiger partial charge in [0.1, 0.15) is 22.7 Å². The first-order valence-electron chi connectivity index (χ1n) is 5.20. The molecule has 0 unspecified atom stereocenters. The molecule has 0 aromatic heterocycles. The van der Waals surface area contributed by atoms with Crippen molar-refractivity contribution >= 4 is 16.3 Å². The normalized spacial score (nSPS) is 11.0. The fraction of sp³-hybridized carbons (Fsp3) is 0.364. The van der Waals surface area contributed by atoms with Crippen LogP contribution in [-0.2, 0) is 14.8 Å². The second-order valence-corrected chi connectivity index (χ2v) is 5.11. The van der Waals surface area contributed by atoms with Gasteiger partial charge in [0.15, 0.2) is 0 Å². The van der Waals surface area contributed by atoms with Gasteiger partial charge in [-0.2, -0.15) is 0 Å². The molecule has 100 valence electrons. The lowest BCUT2D eigenvalue weighted by Crippen LogP contribution is -2.25. The molecule has 1 aromatic carbocycles. The number of benzene rings is 1. The van der Waals surface area contributed by atoms with E-state index in [0.717, 1.165) is 0 Å². The molecule has 1 rings (SSSR count). The van der Waals surface area contributed by atoms with Crippen LogP contribution in [0.15, 0.2) is 23.1 Å². The molecule has 1 N–H and O–H groups in total. The smallest absolute Gasteiger partial charge is 0.244 e. The van der Waals surface area contributed by atoms with Gasteiger partial charge in [-0.05, 0) is 12.1 Å². The lowest BCUT2D eigenvalue weighted by molar-refractivity contribution is -0.107. The zero-order valence-corrected chi connectivity index (χ0v) is 11.0. The summed E-state index contributed by atoms with van der Waals surface area (Å²) in [5.74, 6) is 0.687. The van der Waals surface area contributed by atoms with E-state index in [1.54, 1.807) is 0 Å². The molecule has 18 heavy (non-hydrogen) atoms. The van der Waals surface area contributed by atoms with Crippen molar-refractivity contribution in [3.05, 3.63) is 18.2 Å². The molecule has 0 fully saturated rings. The van der Waals surface area contributed by atoms with Crippen molar-refractivity contribution < 1.29 is 22.7 Å². The van der Waals surface area contributed by atoms with Crippen molar-refractivity contribution in [1.82, 2.24) is 4.72 Å². The Morgan fingerprint density at radius 1 is 1.28 bits per heavy atom. The second kappa shape index (κ2) is 6.36. The van der Waals surface area contributed by atoms with Crippen LogP contribution in [-0.4, -0.2) is 35.5 Å². The minimum atomic E-state index is -3.69. The highest BCUT2D eigenvalue weighted by atomic mass is 32.2. The highest BCUT2D eigenvalue weighted by Crippen LogP contribution is 2.28. The van der Waals surface area contributed by atoms with Crippen LogP contribution in [0.3, 0.4) is 0 Å². The fourth-order valence-corrected chi connectivity index (χ4v) is 2.52. The summed E-state index contributed by atoms with van der Waals surface area (Å²) in [4.78, 5) is 10.2. The van der Waals surface area contributed by atoms with Gasteiger partial charge in [-0.1, -0.05) is 0 Å². The molecule has 0 saturated carbocycles. The van der Waals surface area contributed by atoms with Gasteiger partial charge < -0.3 is 14.3 Å². The van der Waals surface area contributed by atoms with Gasteiger partial charge in [-0.3, -0.25) is 0 Å². The molecule has 0 bridgehead atoms. The average molecular weight is 273 g/mol. The van der Waals surface area contributed by atoms with Gasteiger partial charge in [0.2, 0.25) is 10.0 Å². The molecule has 0 saturated heterocycles. The Bertz CT molecular complexity index is 512. The maximum atomic E-state index is 11.9. The van der Waals surface area contributed by atoms with Crippen LogP contribution in [0.25, 0.3) is 0 Å². The molecule has 0 aliphatic carbocycles. The van der Waals surface area contributed by atoms with Crippen molar-refractivity contribution in [3.8, 4) is 11.5 Å². The van der Waals surface area contributed by atoms with Crippen molar-refractivity contribution in [2.24, 2.45) is 0 Å². The van der Waals surface area contributed by atoms with E-state index in [9.17, 15) is 13.2 Å². The molecule has 0 radical (unpaired) electrons. The summed E-state index contributed by atoms with van der Waals surface area (Å²) in [7, 11) is -0.838. The predicted molar refractivity (Wildman–Crippen MR) is 65.4 cm³/mol. The van der Waals surface area contributed by atoms with Crippen LogP contribution < -0.4 is 14.2 Å². The Morgan fingerprint density at radius 3 is 2.56 bits per heavy atom. The third-order valence-electron chi connectivity index (χ3n) is 2.21. The molecule has 0 aliphatic heterocycles. The third kappa shape index (κ3) is 3.44. The first kappa shape index (κ1) is 14.5. The van der Waals surface area contributed by atoms with Crippen LogP contribution >= 0.6 is 0 Å². The molecule has 0 heterocycles. The molecule has 6 nitrogen and oxygen atoms in total. The molecule has 0 atom stereocenters. The van der Waals surface area contributed by atoms with E-state index in [1.807, 2.05) is 0 Å². The number of sulfonamides is 1. The predicted octanol–water partition coefficient (Wildman–Crippen LogP) is 0.571. The molecule has 7 heteroatoms. The molecule has 1 aromatic rings. The average Bonchev–Trinajstić information content (AvgIpc) is 2.38. The number of ether oxygens (including phenoxy) is 2. The van der Waals surface area contributed by atoms with Crippen LogP contribution in [0, 0.1) is 0 Å². The lowest BCUT2D eigenvalue weighted by Gasteiger charge is -2.11. The number of carbonyl (C=O) groups excluding carboxylic acids is 1. The van der Waals surface area contributed by atoms with Gasteiger partial charge in [0, 0.05) is 19.0 Å². The number of methoxy groups -OCH3 is 2. The van der Waals surface area contributed by atoms with Gasteiger partial charge in [0.05, 0.1) is 14.2 Å². The zero-order valence-electron chi connectivity index (χ0n) is 10.2. The molecule has 0 aliphatic rings. The first-order valence-corrected chi connectivity index (χ1v) is 6.69. The highest BCUT2D eigenvalue weighted by molar-refractivity contribution is 7.89. The highest BCUT2D eigenvalue weighted by Gasteiger charge is 2.19. The topological polar surface area (TPSA) is 81.7 Å². The van der Waals surface area contributed by atoms with Crippen LogP contribution in [0.2, 0.25) is 0 Å². The number of hydrogen-bond donors (Lipinski definition) is 1. The molecule has 0 spiro atoms. The van der Waals surface area contributed by atoms with E-state index in [2.05, 4.69) is 4.72 Å².